The van der Waals surface area contributed by atoms with Crippen molar-refractivity contribution in [2.45, 2.75) is 12.8 Å². The first kappa shape index (κ1) is 16.6. The fourth-order valence-electron chi connectivity index (χ4n) is 2.57. The number of hydrogen-bond donors (Lipinski definition) is 4. The van der Waals surface area contributed by atoms with Crippen molar-refractivity contribution >= 4 is 23.1 Å². The van der Waals surface area contributed by atoms with Gasteiger partial charge in [0.25, 0.3) is 0 Å². The van der Waals surface area contributed by atoms with Crippen molar-refractivity contribution in [3.63, 3.8) is 0 Å². The van der Waals surface area contributed by atoms with Gasteiger partial charge in [-0.15, -0.1) is 0 Å². The highest BCUT2D eigenvalue weighted by molar-refractivity contribution is 5.99. The highest BCUT2D eigenvalue weighted by Crippen LogP contribution is 2.21. The normalized spacial score (nSPS) is 12.1. The number of aromatic amines is 1. The minimum atomic E-state index is 0.217. The molecule has 6 heteroatoms. The molecular formula is C19H21N5O. The molecule has 0 aliphatic carbocycles. The number of aromatic nitrogens is 1. The first-order valence-corrected chi connectivity index (χ1v) is 8.15. The summed E-state index contributed by atoms with van der Waals surface area (Å²) in [5.41, 5.74) is 11.6. The molecule has 0 saturated carbocycles. The zero-order valence-electron chi connectivity index (χ0n) is 13.8. The van der Waals surface area contributed by atoms with Crippen molar-refractivity contribution in [2.24, 2.45) is 15.8 Å². The molecule has 128 valence electrons. The van der Waals surface area contributed by atoms with Crippen LogP contribution >= 0.6 is 0 Å². The highest BCUT2D eigenvalue weighted by Gasteiger charge is 2.02. The number of aliphatic imine (C=N–C) groups is 1. The van der Waals surface area contributed by atoms with Crippen molar-refractivity contribution < 1.29 is 5.11 Å². The van der Waals surface area contributed by atoms with Crippen LogP contribution in [0.25, 0.3) is 10.9 Å². The predicted molar refractivity (Wildman–Crippen MR) is 102 cm³/mol. The number of nitrogens with one attached hydrogen (secondary N) is 2. The summed E-state index contributed by atoms with van der Waals surface area (Å²) in [6, 6.07) is 15.4. The number of H-pyrrole nitrogens is 1. The smallest absolute Gasteiger partial charge is 0.209 e. The second-order valence-electron chi connectivity index (χ2n) is 5.70. The summed E-state index contributed by atoms with van der Waals surface area (Å²) in [6.45, 7) is 0.643. The predicted octanol–water partition coefficient (Wildman–Crippen LogP) is 2.74. The molecule has 0 atom stereocenters. The van der Waals surface area contributed by atoms with Gasteiger partial charge in [-0.3, -0.25) is 4.99 Å². The monoisotopic (exact) mass is 335 g/mol. The average Bonchev–Trinajstić information content (AvgIpc) is 3.02. The van der Waals surface area contributed by atoms with Gasteiger partial charge in [-0.05, 0) is 36.6 Å². The summed E-state index contributed by atoms with van der Waals surface area (Å²) in [5, 5.41) is 14.6. The molecule has 6 nitrogen and oxygen atoms in total. The molecule has 0 fully saturated rings. The second kappa shape index (κ2) is 8.01. The fourth-order valence-corrected chi connectivity index (χ4v) is 2.57. The maximum absolute atomic E-state index is 9.58. The number of phenolic OH excluding ortho intramolecular Hbond substituents is 1. The van der Waals surface area contributed by atoms with Gasteiger partial charge in [-0.25, -0.2) is 5.43 Å². The number of fused-ring (bicyclic) bond motifs is 1. The maximum atomic E-state index is 9.58. The van der Waals surface area contributed by atoms with E-state index in [4.69, 9.17) is 5.73 Å². The Bertz CT molecular complexity index is 883. The number of nitrogens with two attached hydrogens (primary N) is 1. The minimum absolute atomic E-state index is 0.217. The number of aromatic hydroxyl groups is 1. The topological polar surface area (TPSA) is 98.8 Å². The SMILES string of the molecule is NC(=NCCCc1ccccc1)N/N=C/c1c[nH]c2ccc(O)cc12. The summed E-state index contributed by atoms with van der Waals surface area (Å²) in [5.74, 6) is 0.501. The third-order valence-electron chi connectivity index (χ3n) is 3.83. The molecule has 3 rings (SSSR count). The number of guanidine groups is 1. The number of aryl methyl sites for hydroxylation is 1. The molecule has 1 aromatic heterocycles. The lowest BCUT2D eigenvalue weighted by molar-refractivity contribution is 0.476. The minimum Gasteiger partial charge on any atom is -0.508 e. The molecule has 1 heterocycles. The molecule has 25 heavy (non-hydrogen) atoms. The van der Waals surface area contributed by atoms with E-state index in [2.05, 4.69) is 32.6 Å². The van der Waals surface area contributed by atoms with Crippen molar-refractivity contribution in [1.82, 2.24) is 10.4 Å². The van der Waals surface area contributed by atoms with E-state index >= 15 is 0 Å². The molecule has 0 spiro atoms. The first-order chi connectivity index (χ1) is 12.2. The number of hydrazone groups is 1. The number of nitrogens with zero attached hydrogens (tertiary/aromatic N) is 2. The third kappa shape index (κ3) is 4.60. The van der Waals surface area contributed by atoms with Crippen LogP contribution in [0.15, 0.2) is 64.8 Å². The van der Waals surface area contributed by atoms with Gasteiger partial charge >= 0.3 is 0 Å². The van der Waals surface area contributed by atoms with Crippen LogP contribution in [0.2, 0.25) is 0 Å². The molecule has 0 radical (unpaired) electrons. The average molecular weight is 335 g/mol. The van der Waals surface area contributed by atoms with Gasteiger partial charge in [-0.2, -0.15) is 5.10 Å². The van der Waals surface area contributed by atoms with E-state index < -0.39 is 0 Å². The second-order valence-corrected chi connectivity index (χ2v) is 5.70. The lowest BCUT2D eigenvalue weighted by atomic mass is 10.1. The van der Waals surface area contributed by atoms with E-state index in [1.165, 1.54) is 5.56 Å². The van der Waals surface area contributed by atoms with Gasteiger partial charge in [-0.1, -0.05) is 30.3 Å². The molecule has 0 unspecified atom stereocenters. The number of rotatable bonds is 6. The van der Waals surface area contributed by atoms with Crippen LogP contribution in [0.1, 0.15) is 17.5 Å². The maximum Gasteiger partial charge on any atom is 0.209 e. The van der Waals surface area contributed by atoms with Crippen molar-refractivity contribution in [2.75, 3.05) is 6.54 Å². The Morgan fingerprint density at radius 2 is 2.04 bits per heavy atom. The zero-order chi connectivity index (χ0) is 17.5. The fraction of sp³-hybridized carbons (Fsp3) is 0.158. The van der Waals surface area contributed by atoms with Crippen LogP contribution in [0, 0.1) is 0 Å². The summed E-state index contributed by atoms with van der Waals surface area (Å²) in [6.07, 6.45) is 5.37. The summed E-state index contributed by atoms with van der Waals surface area (Å²) >= 11 is 0. The van der Waals surface area contributed by atoms with Crippen LogP contribution in [0.3, 0.4) is 0 Å². The molecule has 0 saturated heterocycles. The van der Waals surface area contributed by atoms with Crippen LogP contribution in [-0.4, -0.2) is 28.8 Å². The summed E-state index contributed by atoms with van der Waals surface area (Å²) in [4.78, 5) is 7.38. The Balaban J connectivity index is 1.50. The van der Waals surface area contributed by atoms with Gasteiger partial charge < -0.3 is 15.8 Å². The van der Waals surface area contributed by atoms with E-state index in [0.717, 1.165) is 29.3 Å². The lowest BCUT2D eigenvalue weighted by Crippen LogP contribution is -2.27. The molecule has 0 aliphatic heterocycles. The van der Waals surface area contributed by atoms with Crippen LogP contribution in [-0.2, 0) is 6.42 Å². The summed E-state index contributed by atoms with van der Waals surface area (Å²) < 4.78 is 0. The van der Waals surface area contributed by atoms with Gasteiger partial charge in [0.1, 0.15) is 5.75 Å². The van der Waals surface area contributed by atoms with E-state index in [0.29, 0.717) is 6.54 Å². The zero-order valence-corrected chi connectivity index (χ0v) is 13.8. The van der Waals surface area contributed by atoms with Gasteiger partial charge in [0.15, 0.2) is 0 Å². The van der Waals surface area contributed by atoms with E-state index in [9.17, 15) is 5.11 Å². The molecule has 0 bridgehead atoms. The number of benzene rings is 2. The Labute approximate surface area is 146 Å². The number of hydrogen-bond acceptors (Lipinski definition) is 3. The Hall–Kier alpha value is -3.28. The van der Waals surface area contributed by atoms with Crippen molar-refractivity contribution in [3.05, 3.63) is 65.9 Å². The molecule has 2 aromatic carbocycles. The standard InChI is InChI=1S/C19H21N5O/c20-19(21-10-4-7-14-5-2-1-3-6-14)24-23-13-15-12-22-18-9-8-16(25)11-17(15)18/h1-3,5-6,8-9,11-13,22,25H,4,7,10H2,(H3,20,21,24)/b23-13+. The first-order valence-electron chi connectivity index (χ1n) is 8.15. The van der Waals surface area contributed by atoms with Crippen molar-refractivity contribution in [3.8, 4) is 5.75 Å². The molecule has 0 amide bonds. The molecule has 5 N–H and O–H groups in total. The largest absolute Gasteiger partial charge is 0.508 e. The molecule has 0 aliphatic rings. The summed E-state index contributed by atoms with van der Waals surface area (Å²) in [7, 11) is 0. The van der Waals surface area contributed by atoms with Crippen LogP contribution < -0.4 is 11.2 Å². The third-order valence-corrected chi connectivity index (χ3v) is 3.83. The van der Waals surface area contributed by atoms with E-state index in [1.54, 1.807) is 18.3 Å². The van der Waals surface area contributed by atoms with Crippen LogP contribution in [0.4, 0.5) is 0 Å². The number of phenols is 1. The Morgan fingerprint density at radius 3 is 2.88 bits per heavy atom. The lowest BCUT2D eigenvalue weighted by Gasteiger charge is -2.01. The molecular weight excluding hydrogens is 314 g/mol. The van der Waals surface area contributed by atoms with Crippen molar-refractivity contribution in [1.29, 1.82) is 0 Å². The van der Waals surface area contributed by atoms with E-state index in [-0.39, 0.29) is 11.7 Å². The van der Waals surface area contributed by atoms with Gasteiger partial charge in [0.2, 0.25) is 5.96 Å². The highest BCUT2D eigenvalue weighted by atomic mass is 16.3. The van der Waals surface area contributed by atoms with Crippen LogP contribution in [0.5, 0.6) is 5.75 Å². The van der Waals surface area contributed by atoms with Gasteiger partial charge in [0.05, 0.1) is 6.21 Å². The Kier molecular flexibility index (Phi) is 5.31. The quantitative estimate of drug-likeness (QED) is 0.241. The van der Waals surface area contributed by atoms with Gasteiger partial charge in [0, 0.05) is 29.2 Å². The molecule has 3 aromatic rings. The van der Waals surface area contributed by atoms with E-state index in [1.807, 2.05) is 30.5 Å². The Morgan fingerprint density at radius 1 is 1.20 bits per heavy atom.